The van der Waals surface area contributed by atoms with Crippen LogP contribution in [-0.2, 0) is 9.59 Å². The van der Waals surface area contributed by atoms with Crippen LogP contribution in [0.3, 0.4) is 0 Å². The molecule has 0 saturated heterocycles. The normalized spacial score (nSPS) is 12.4. The van der Waals surface area contributed by atoms with E-state index in [-0.39, 0.29) is 29.4 Å². The number of nitrogens with two attached hydrogens (primary N) is 1. The van der Waals surface area contributed by atoms with Gasteiger partial charge in [0, 0.05) is 16.4 Å². The van der Waals surface area contributed by atoms with Crippen LogP contribution in [0.1, 0.15) is 51.9 Å². The zero-order valence-electron chi connectivity index (χ0n) is 17.2. The number of hydrogen-bond acceptors (Lipinski definition) is 6. The first-order chi connectivity index (χ1) is 12.7. The highest BCUT2D eigenvalue weighted by Gasteiger charge is 2.59. The fraction of sp³-hybridized carbons (Fsp3) is 0.550. The molecule has 0 heterocycles. The van der Waals surface area contributed by atoms with Crippen LogP contribution < -0.4 is 15.2 Å². The summed E-state index contributed by atoms with van der Waals surface area (Å²) in [6, 6.07) is 4.15. The van der Waals surface area contributed by atoms with Gasteiger partial charge in [0.05, 0.1) is 6.54 Å². The molecule has 0 atom stereocenters. The van der Waals surface area contributed by atoms with E-state index in [1.165, 1.54) is 18.2 Å². The molecular formula is C20H29NO7. The number of carbonyl (C=O) groups excluding carboxylic acids is 1. The molecule has 0 unspecified atom stereocenters. The van der Waals surface area contributed by atoms with Gasteiger partial charge < -0.3 is 25.4 Å². The Morgan fingerprint density at radius 2 is 1.50 bits per heavy atom. The first kappa shape index (κ1) is 23.4. The molecule has 0 saturated carbocycles. The van der Waals surface area contributed by atoms with Gasteiger partial charge in [-0.3, -0.25) is 4.79 Å². The Labute approximate surface area is 164 Å². The molecule has 0 radical (unpaired) electrons. The van der Waals surface area contributed by atoms with Crippen molar-refractivity contribution in [3.63, 3.8) is 0 Å². The number of carboxylic acid groups (broad SMARTS) is 2. The number of hydrogen-bond donors (Lipinski definition) is 3. The molecule has 0 spiro atoms. The lowest BCUT2D eigenvalue weighted by atomic mass is 9.62. The zero-order valence-corrected chi connectivity index (χ0v) is 17.2. The Morgan fingerprint density at radius 1 is 0.964 bits per heavy atom. The Bertz CT molecular complexity index is 743. The molecule has 0 aliphatic heterocycles. The van der Waals surface area contributed by atoms with Crippen molar-refractivity contribution in [2.45, 2.75) is 47.1 Å². The SMILES string of the molecule is CC(C)(C)C(Oc1ccc(C(=O)CN)cc1OCC(=O)O)(C(=O)O)C(C)(C)C. The summed E-state index contributed by atoms with van der Waals surface area (Å²) in [6.07, 6.45) is 0. The van der Waals surface area contributed by atoms with Gasteiger partial charge in [-0.2, -0.15) is 0 Å². The third-order valence-corrected chi connectivity index (χ3v) is 4.48. The van der Waals surface area contributed by atoms with Gasteiger partial charge in [-0.15, -0.1) is 0 Å². The van der Waals surface area contributed by atoms with Gasteiger partial charge in [0.15, 0.2) is 23.9 Å². The van der Waals surface area contributed by atoms with Gasteiger partial charge >= 0.3 is 11.9 Å². The van der Waals surface area contributed by atoms with E-state index in [1.54, 1.807) is 41.5 Å². The second kappa shape index (κ2) is 8.18. The molecule has 28 heavy (non-hydrogen) atoms. The fourth-order valence-electron chi connectivity index (χ4n) is 3.42. The maximum atomic E-state index is 12.4. The van der Waals surface area contributed by atoms with E-state index in [1.807, 2.05) is 0 Å². The second-order valence-corrected chi connectivity index (χ2v) is 8.56. The van der Waals surface area contributed by atoms with Crippen LogP contribution in [0.25, 0.3) is 0 Å². The molecule has 8 nitrogen and oxygen atoms in total. The largest absolute Gasteiger partial charge is 0.479 e. The molecule has 0 fully saturated rings. The number of carbonyl (C=O) groups is 3. The highest BCUT2D eigenvalue weighted by molar-refractivity contribution is 5.98. The van der Waals surface area contributed by atoms with Gasteiger partial charge in [0.25, 0.3) is 0 Å². The first-order valence-electron chi connectivity index (χ1n) is 8.81. The lowest BCUT2D eigenvalue weighted by Gasteiger charge is -2.49. The van der Waals surface area contributed by atoms with Crippen LogP contribution in [-0.4, -0.2) is 46.7 Å². The molecule has 1 aromatic carbocycles. The van der Waals surface area contributed by atoms with E-state index in [9.17, 15) is 19.5 Å². The van der Waals surface area contributed by atoms with Crippen LogP contribution >= 0.6 is 0 Å². The molecule has 0 aliphatic rings. The van der Waals surface area contributed by atoms with E-state index in [2.05, 4.69) is 0 Å². The number of aliphatic carboxylic acids is 2. The van der Waals surface area contributed by atoms with Gasteiger partial charge in [-0.1, -0.05) is 41.5 Å². The predicted molar refractivity (Wildman–Crippen MR) is 103 cm³/mol. The van der Waals surface area contributed by atoms with Crippen molar-refractivity contribution in [2.75, 3.05) is 13.2 Å². The maximum Gasteiger partial charge on any atom is 0.349 e. The topological polar surface area (TPSA) is 136 Å². The predicted octanol–water partition coefficient (Wildman–Crippen LogP) is 2.59. The minimum absolute atomic E-state index is 0.0297. The van der Waals surface area contributed by atoms with Crippen molar-refractivity contribution >= 4 is 17.7 Å². The van der Waals surface area contributed by atoms with Crippen LogP contribution in [0.2, 0.25) is 0 Å². The van der Waals surface area contributed by atoms with Gasteiger partial charge in [0.1, 0.15) is 0 Å². The summed E-state index contributed by atoms with van der Waals surface area (Å²) in [5.74, 6) is -2.78. The Morgan fingerprint density at radius 3 is 1.89 bits per heavy atom. The number of carboxylic acids is 2. The van der Waals surface area contributed by atoms with E-state index in [4.69, 9.17) is 20.3 Å². The number of ketones is 1. The Kier molecular flexibility index (Phi) is 6.84. The Hall–Kier alpha value is -2.61. The summed E-state index contributed by atoms with van der Waals surface area (Å²) in [5.41, 5.74) is 2.23. The second-order valence-electron chi connectivity index (χ2n) is 8.56. The average molecular weight is 395 g/mol. The van der Waals surface area contributed by atoms with Crippen LogP contribution in [0, 0.1) is 10.8 Å². The highest BCUT2D eigenvalue weighted by atomic mass is 16.6. The number of benzene rings is 1. The fourth-order valence-corrected chi connectivity index (χ4v) is 3.42. The maximum absolute atomic E-state index is 12.4. The standard InChI is InChI=1S/C20H29NO7/c1-18(2,3)20(17(25)26,19(4,5)6)28-14-8-7-12(13(22)10-21)9-15(14)27-11-16(23)24/h7-9H,10-11,21H2,1-6H3,(H,23,24)(H,25,26). The van der Waals surface area contributed by atoms with Gasteiger partial charge in [-0.05, 0) is 18.2 Å². The average Bonchev–Trinajstić information content (AvgIpc) is 2.54. The Balaban J connectivity index is 3.60. The minimum atomic E-state index is -1.68. The minimum Gasteiger partial charge on any atom is -0.479 e. The van der Waals surface area contributed by atoms with E-state index in [0.717, 1.165) is 0 Å². The van der Waals surface area contributed by atoms with Crippen molar-refractivity contribution in [2.24, 2.45) is 16.6 Å². The number of Topliss-reactive ketones (excluding diaryl/α,β-unsaturated/α-hetero) is 1. The van der Waals surface area contributed by atoms with Gasteiger partial charge in [-0.25, -0.2) is 9.59 Å². The van der Waals surface area contributed by atoms with E-state index >= 15 is 0 Å². The van der Waals surface area contributed by atoms with Crippen LogP contribution in [0.15, 0.2) is 18.2 Å². The molecule has 156 valence electrons. The summed E-state index contributed by atoms with van der Waals surface area (Å²) in [5, 5.41) is 19.0. The summed E-state index contributed by atoms with van der Waals surface area (Å²) in [4.78, 5) is 35.2. The summed E-state index contributed by atoms with van der Waals surface area (Å²) in [7, 11) is 0. The smallest absolute Gasteiger partial charge is 0.349 e. The van der Waals surface area contributed by atoms with Crippen molar-refractivity contribution in [1.29, 1.82) is 0 Å². The monoisotopic (exact) mass is 395 g/mol. The molecule has 0 bridgehead atoms. The summed E-state index contributed by atoms with van der Waals surface area (Å²) >= 11 is 0. The number of rotatable bonds is 8. The number of ether oxygens (including phenoxy) is 2. The zero-order chi connectivity index (χ0) is 21.9. The summed E-state index contributed by atoms with van der Waals surface area (Å²) in [6.45, 7) is 9.57. The lowest BCUT2D eigenvalue weighted by Crippen LogP contribution is -2.63. The molecule has 0 aliphatic carbocycles. The molecule has 4 N–H and O–H groups in total. The quantitative estimate of drug-likeness (QED) is 0.571. The third kappa shape index (κ3) is 4.62. The van der Waals surface area contributed by atoms with Crippen molar-refractivity contribution < 1.29 is 34.1 Å². The highest BCUT2D eigenvalue weighted by Crippen LogP contribution is 2.48. The van der Waals surface area contributed by atoms with Crippen molar-refractivity contribution in [1.82, 2.24) is 0 Å². The molecule has 1 aromatic rings. The molecule has 8 heteroatoms. The first-order valence-corrected chi connectivity index (χ1v) is 8.81. The van der Waals surface area contributed by atoms with E-state index < -0.39 is 35.0 Å². The summed E-state index contributed by atoms with van der Waals surface area (Å²) < 4.78 is 11.3. The molecule has 1 rings (SSSR count). The third-order valence-electron chi connectivity index (χ3n) is 4.48. The van der Waals surface area contributed by atoms with Crippen LogP contribution in [0.4, 0.5) is 0 Å². The van der Waals surface area contributed by atoms with E-state index in [0.29, 0.717) is 0 Å². The molecule has 0 amide bonds. The lowest BCUT2D eigenvalue weighted by molar-refractivity contribution is -0.184. The van der Waals surface area contributed by atoms with Crippen molar-refractivity contribution in [3.05, 3.63) is 23.8 Å². The molecule has 0 aromatic heterocycles. The van der Waals surface area contributed by atoms with Crippen molar-refractivity contribution in [3.8, 4) is 11.5 Å². The van der Waals surface area contributed by atoms with Gasteiger partial charge in [0.2, 0.25) is 5.60 Å². The van der Waals surface area contributed by atoms with Crippen LogP contribution in [0.5, 0.6) is 11.5 Å². The molecular weight excluding hydrogens is 366 g/mol.